The van der Waals surface area contributed by atoms with Gasteiger partial charge >= 0.3 is 0 Å². The highest BCUT2D eigenvalue weighted by Crippen LogP contribution is 2.18. The van der Waals surface area contributed by atoms with E-state index in [1.807, 2.05) is 29.0 Å². The fourth-order valence-corrected chi connectivity index (χ4v) is 2.59. The van der Waals surface area contributed by atoms with Gasteiger partial charge in [0.25, 0.3) is 5.91 Å². The van der Waals surface area contributed by atoms with Gasteiger partial charge in [-0.3, -0.25) is 14.6 Å². The smallest absolute Gasteiger partial charge is 0.272 e. The Morgan fingerprint density at radius 1 is 1.12 bits per heavy atom. The summed E-state index contributed by atoms with van der Waals surface area (Å²) < 4.78 is 1.88. The first-order valence-corrected chi connectivity index (χ1v) is 8.24. The van der Waals surface area contributed by atoms with E-state index in [-0.39, 0.29) is 11.8 Å². The molecule has 132 valence electrons. The van der Waals surface area contributed by atoms with E-state index in [0.29, 0.717) is 17.9 Å². The van der Waals surface area contributed by atoms with Crippen LogP contribution in [0.3, 0.4) is 0 Å². The van der Waals surface area contributed by atoms with Gasteiger partial charge in [0.15, 0.2) is 0 Å². The fourth-order valence-electron chi connectivity index (χ4n) is 2.59. The summed E-state index contributed by atoms with van der Waals surface area (Å²) in [4.78, 5) is 29.6. The summed E-state index contributed by atoms with van der Waals surface area (Å²) in [7, 11) is 1.71. The van der Waals surface area contributed by atoms with Crippen molar-refractivity contribution in [2.45, 2.75) is 13.5 Å². The molecule has 0 saturated heterocycles. The molecule has 0 aliphatic carbocycles. The van der Waals surface area contributed by atoms with Crippen molar-refractivity contribution < 1.29 is 9.59 Å². The molecule has 6 heteroatoms. The van der Waals surface area contributed by atoms with E-state index in [1.165, 1.54) is 6.92 Å². The van der Waals surface area contributed by atoms with Crippen molar-refractivity contribution in [1.29, 1.82) is 0 Å². The lowest BCUT2D eigenvalue weighted by Crippen LogP contribution is -2.22. The normalized spacial score (nSPS) is 10.4. The lowest BCUT2D eigenvalue weighted by atomic mass is 10.2. The minimum Gasteiger partial charge on any atom is -0.339 e. The summed E-state index contributed by atoms with van der Waals surface area (Å²) >= 11 is 0. The van der Waals surface area contributed by atoms with Crippen LogP contribution in [-0.2, 0) is 11.3 Å². The first-order valence-electron chi connectivity index (χ1n) is 8.24. The molecule has 0 atom stereocenters. The highest BCUT2D eigenvalue weighted by Gasteiger charge is 2.12. The van der Waals surface area contributed by atoms with Gasteiger partial charge in [-0.15, -0.1) is 0 Å². The van der Waals surface area contributed by atoms with Crippen LogP contribution in [0.4, 0.5) is 11.4 Å². The molecule has 0 bridgehead atoms. The van der Waals surface area contributed by atoms with Crippen molar-refractivity contribution in [1.82, 2.24) is 9.55 Å². The number of nitrogens with zero attached hydrogens (tertiary/aromatic N) is 3. The third-order valence-electron chi connectivity index (χ3n) is 4.12. The lowest BCUT2D eigenvalue weighted by molar-refractivity contribution is -0.116. The molecule has 1 aromatic carbocycles. The maximum absolute atomic E-state index is 12.6. The molecule has 0 aliphatic heterocycles. The summed E-state index contributed by atoms with van der Waals surface area (Å²) in [5, 5.41) is 2.89. The number of aromatic nitrogens is 2. The maximum atomic E-state index is 12.6. The Balaban J connectivity index is 1.71. The van der Waals surface area contributed by atoms with Gasteiger partial charge in [-0.2, -0.15) is 0 Å². The molecule has 26 heavy (non-hydrogen) atoms. The summed E-state index contributed by atoms with van der Waals surface area (Å²) in [6, 6.07) is 14.6. The topological polar surface area (TPSA) is 67.2 Å². The Morgan fingerprint density at radius 3 is 2.54 bits per heavy atom. The summed E-state index contributed by atoms with van der Waals surface area (Å²) in [5.74, 6) is -0.235. The van der Waals surface area contributed by atoms with Gasteiger partial charge in [0, 0.05) is 50.5 Å². The minimum absolute atomic E-state index is 0.0463. The molecular formula is C20H20N4O2. The second-order valence-electron chi connectivity index (χ2n) is 5.96. The maximum Gasteiger partial charge on any atom is 0.272 e. The van der Waals surface area contributed by atoms with Crippen molar-refractivity contribution in [2.75, 3.05) is 17.3 Å². The molecule has 0 saturated carbocycles. The largest absolute Gasteiger partial charge is 0.339 e. The van der Waals surface area contributed by atoms with Gasteiger partial charge in [-0.25, -0.2) is 0 Å². The highest BCUT2D eigenvalue weighted by molar-refractivity contribution is 6.03. The van der Waals surface area contributed by atoms with Gasteiger partial charge < -0.3 is 14.8 Å². The summed E-state index contributed by atoms with van der Waals surface area (Å²) in [6.07, 6.45) is 5.37. The van der Waals surface area contributed by atoms with Gasteiger partial charge in [-0.1, -0.05) is 6.07 Å². The summed E-state index contributed by atoms with van der Waals surface area (Å²) in [5.41, 5.74) is 3.04. The molecule has 0 unspecified atom stereocenters. The highest BCUT2D eigenvalue weighted by atomic mass is 16.2. The van der Waals surface area contributed by atoms with Crippen molar-refractivity contribution in [2.24, 2.45) is 0 Å². The van der Waals surface area contributed by atoms with Crippen molar-refractivity contribution in [3.8, 4) is 0 Å². The molecule has 0 spiro atoms. The number of hydrogen-bond donors (Lipinski definition) is 1. The first-order chi connectivity index (χ1) is 12.5. The predicted octanol–water partition coefficient (Wildman–Crippen LogP) is 3.17. The third kappa shape index (κ3) is 3.97. The molecule has 2 heterocycles. The van der Waals surface area contributed by atoms with Crippen LogP contribution in [-0.4, -0.2) is 28.4 Å². The monoisotopic (exact) mass is 348 g/mol. The Hall–Kier alpha value is -3.41. The molecule has 1 N–H and O–H groups in total. The van der Waals surface area contributed by atoms with Gasteiger partial charge in [0.2, 0.25) is 5.91 Å². The van der Waals surface area contributed by atoms with E-state index >= 15 is 0 Å². The molecule has 2 amide bonds. The SMILES string of the molecule is CC(=O)N(C)c1ccc(NC(=O)c2cccn2Cc2cccnc2)cc1. The Morgan fingerprint density at radius 2 is 1.88 bits per heavy atom. The van der Waals surface area contributed by atoms with E-state index in [2.05, 4.69) is 10.3 Å². The average Bonchev–Trinajstić information content (AvgIpc) is 3.11. The van der Waals surface area contributed by atoms with Crippen molar-refractivity contribution in [3.05, 3.63) is 78.4 Å². The van der Waals surface area contributed by atoms with Crippen LogP contribution >= 0.6 is 0 Å². The van der Waals surface area contributed by atoms with Gasteiger partial charge in [-0.05, 0) is 48.0 Å². The van der Waals surface area contributed by atoms with Crippen LogP contribution in [0.1, 0.15) is 23.0 Å². The molecule has 0 radical (unpaired) electrons. The standard InChI is InChI=1S/C20H20N4O2/c1-15(25)23(2)18-9-7-17(8-10-18)22-20(26)19-6-4-12-24(19)14-16-5-3-11-21-13-16/h3-13H,14H2,1-2H3,(H,22,26). The van der Waals surface area contributed by atoms with Crippen LogP contribution in [0.25, 0.3) is 0 Å². The van der Waals surface area contributed by atoms with E-state index in [1.54, 1.807) is 54.7 Å². The fraction of sp³-hybridized carbons (Fsp3) is 0.150. The van der Waals surface area contributed by atoms with Crippen LogP contribution in [0.15, 0.2) is 67.1 Å². The Labute approximate surface area is 152 Å². The van der Waals surface area contributed by atoms with Crippen LogP contribution < -0.4 is 10.2 Å². The zero-order chi connectivity index (χ0) is 18.5. The number of rotatable bonds is 5. The number of carbonyl (C=O) groups excluding carboxylic acids is 2. The number of hydrogen-bond acceptors (Lipinski definition) is 3. The number of nitrogens with one attached hydrogen (secondary N) is 1. The van der Waals surface area contributed by atoms with Crippen molar-refractivity contribution in [3.63, 3.8) is 0 Å². The van der Waals surface area contributed by atoms with Crippen molar-refractivity contribution >= 4 is 23.2 Å². The average molecular weight is 348 g/mol. The number of amides is 2. The number of pyridine rings is 1. The molecule has 6 nitrogen and oxygen atoms in total. The van der Waals surface area contributed by atoms with Crippen LogP contribution in [0, 0.1) is 0 Å². The quantitative estimate of drug-likeness (QED) is 0.770. The van der Waals surface area contributed by atoms with Gasteiger partial charge in [0.1, 0.15) is 5.69 Å². The minimum atomic E-state index is -0.188. The van der Waals surface area contributed by atoms with Gasteiger partial charge in [0.05, 0.1) is 0 Å². The van der Waals surface area contributed by atoms with E-state index in [4.69, 9.17) is 0 Å². The molecular weight excluding hydrogens is 328 g/mol. The number of carbonyl (C=O) groups is 2. The van der Waals surface area contributed by atoms with E-state index < -0.39 is 0 Å². The molecule has 3 aromatic rings. The zero-order valence-electron chi connectivity index (χ0n) is 14.7. The second kappa shape index (κ2) is 7.65. The van der Waals surface area contributed by atoms with Crippen LogP contribution in [0.2, 0.25) is 0 Å². The lowest BCUT2D eigenvalue weighted by Gasteiger charge is -2.15. The predicted molar refractivity (Wildman–Crippen MR) is 101 cm³/mol. The molecule has 0 aliphatic rings. The second-order valence-corrected chi connectivity index (χ2v) is 5.96. The van der Waals surface area contributed by atoms with E-state index in [9.17, 15) is 9.59 Å². The van der Waals surface area contributed by atoms with Crippen LogP contribution in [0.5, 0.6) is 0 Å². The Kier molecular flexibility index (Phi) is 5.12. The molecule has 0 fully saturated rings. The first kappa shape index (κ1) is 17.4. The number of benzene rings is 1. The Bertz CT molecular complexity index is 901. The third-order valence-corrected chi connectivity index (χ3v) is 4.12. The molecule has 3 rings (SSSR count). The molecule has 2 aromatic heterocycles. The summed E-state index contributed by atoms with van der Waals surface area (Å²) in [6.45, 7) is 2.08. The van der Waals surface area contributed by atoms with E-state index in [0.717, 1.165) is 11.3 Å². The zero-order valence-corrected chi connectivity index (χ0v) is 14.7. The number of anilines is 2.